The summed E-state index contributed by atoms with van der Waals surface area (Å²) < 4.78 is 11.3. The van der Waals surface area contributed by atoms with E-state index in [1.807, 2.05) is 30.3 Å². The van der Waals surface area contributed by atoms with Gasteiger partial charge in [0, 0.05) is 41.4 Å². The molecule has 5 heterocycles. The van der Waals surface area contributed by atoms with Crippen LogP contribution >= 0.6 is 22.7 Å². The zero-order chi connectivity index (χ0) is 34.3. The number of carbonyl (C=O) groups excluding carboxylic acids is 3. The highest BCUT2D eigenvalue weighted by Crippen LogP contribution is 2.26. The van der Waals surface area contributed by atoms with E-state index < -0.39 is 5.78 Å². The van der Waals surface area contributed by atoms with Crippen LogP contribution in [0.1, 0.15) is 41.6 Å². The number of carbonyl (C=O) groups is 3. The van der Waals surface area contributed by atoms with Gasteiger partial charge in [0.15, 0.2) is 5.71 Å². The molecule has 21 heteroatoms. The van der Waals surface area contributed by atoms with Crippen LogP contribution in [-0.2, 0) is 14.4 Å². The lowest BCUT2D eigenvalue weighted by Gasteiger charge is -2.08. The smallest absolute Gasteiger partial charge is 0.322 e. The lowest BCUT2D eigenvalue weighted by molar-refractivity contribution is -0.115. The molecule has 5 aromatic heterocycles. The van der Waals surface area contributed by atoms with E-state index >= 15 is 0 Å². The van der Waals surface area contributed by atoms with Crippen LogP contribution in [0, 0.1) is 0 Å². The third-order valence-electron chi connectivity index (χ3n) is 5.87. The Balaban J connectivity index is 1.23. The van der Waals surface area contributed by atoms with Crippen LogP contribution in [0.3, 0.4) is 0 Å². The summed E-state index contributed by atoms with van der Waals surface area (Å²) in [5.74, 6) is -1.30. The fraction of sp³-hybridized carbons (Fsp3) is 0.107. The molecule has 19 nitrogen and oxygen atoms in total. The number of ketones is 1. The fourth-order valence-corrected chi connectivity index (χ4v) is 5.60. The number of anilines is 8. The summed E-state index contributed by atoms with van der Waals surface area (Å²) in [4.78, 5) is 53.8. The number of hydrogen-bond donors (Lipinski definition) is 5. The van der Waals surface area contributed by atoms with E-state index in [9.17, 15) is 14.4 Å². The van der Waals surface area contributed by atoms with Crippen LogP contribution in [-0.4, -0.2) is 65.8 Å². The van der Waals surface area contributed by atoms with E-state index in [1.54, 1.807) is 16.8 Å². The zero-order valence-corrected chi connectivity index (χ0v) is 27.2. The Morgan fingerprint density at radius 1 is 0.714 bits per heavy atom. The molecule has 0 bridgehead atoms. The number of nitrogens with zero attached hydrogens (tertiary/aromatic N) is 8. The molecule has 0 aliphatic rings. The lowest BCUT2D eigenvalue weighted by Crippen LogP contribution is -2.07. The minimum absolute atomic E-state index is 0.00411. The number of nitrogens with one attached hydrogen (secondary N) is 5. The first-order valence-corrected chi connectivity index (χ1v) is 15.7. The average molecular weight is 702 g/mol. The third kappa shape index (κ3) is 8.22. The maximum absolute atomic E-state index is 12.9. The van der Waals surface area contributed by atoms with Crippen molar-refractivity contribution in [3.8, 4) is 0 Å². The molecular weight excluding hydrogens is 679 g/mol. The second kappa shape index (κ2) is 14.4. The van der Waals surface area contributed by atoms with E-state index in [2.05, 4.69) is 67.1 Å². The van der Waals surface area contributed by atoms with Gasteiger partial charge in [0.1, 0.15) is 7.11 Å². The van der Waals surface area contributed by atoms with Crippen LogP contribution in [0.5, 0.6) is 0 Å². The quantitative estimate of drug-likeness (QED) is 0.0630. The highest BCUT2D eigenvalue weighted by Gasteiger charge is 2.22. The summed E-state index contributed by atoms with van der Waals surface area (Å²) in [5.41, 5.74) is 1.72. The van der Waals surface area contributed by atoms with Gasteiger partial charge >= 0.3 is 12.0 Å². The Bertz CT molecular complexity index is 2160. The topological polar surface area (TPSA) is 249 Å². The Morgan fingerprint density at radius 3 is 1.84 bits per heavy atom. The second-order valence-corrected chi connectivity index (χ2v) is 11.4. The third-order valence-corrected chi connectivity index (χ3v) is 7.56. The molecule has 0 aliphatic carbocycles. The predicted octanol–water partition coefficient (Wildman–Crippen LogP) is 4.54. The maximum atomic E-state index is 12.9. The van der Waals surface area contributed by atoms with Gasteiger partial charge in [-0.15, -0.1) is 32.9 Å². The molecule has 1 aromatic carbocycles. The van der Waals surface area contributed by atoms with E-state index in [4.69, 9.17) is 13.7 Å². The van der Waals surface area contributed by atoms with Crippen LogP contribution in [0.2, 0.25) is 0 Å². The number of rotatable bonds is 13. The Morgan fingerprint density at radius 2 is 1.24 bits per heavy atom. The van der Waals surface area contributed by atoms with Crippen LogP contribution in [0.15, 0.2) is 67.2 Å². The van der Waals surface area contributed by atoms with Crippen molar-refractivity contribution in [1.29, 1.82) is 0 Å². The highest BCUT2D eigenvalue weighted by molar-refractivity contribution is 7.15. The van der Waals surface area contributed by atoms with Crippen LogP contribution < -0.4 is 26.6 Å². The minimum Gasteiger partial charge on any atom is -0.401 e. The monoisotopic (exact) mass is 701 g/mol. The molecule has 0 aliphatic heterocycles. The number of aromatic nitrogens is 7. The number of amides is 2. The summed E-state index contributed by atoms with van der Waals surface area (Å²) in [7, 11) is 1.37. The van der Waals surface area contributed by atoms with Gasteiger partial charge in [-0.05, 0) is 24.3 Å². The van der Waals surface area contributed by atoms with Crippen molar-refractivity contribution in [3.05, 3.63) is 76.1 Å². The van der Waals surface area contributed by atoms with Gasteiger partial charge < -0.3 is 29.6 Å². The van der Waals surface area contributed by atoms with E-state index in [-0.39, 0.29) is 64.7 Å². The van der Waals surface area contributed by atoms with Gasteiger partial charge in [-0.3, -0.25) is 25.0 Å². The van der Waals surface area contributed by atoms with E-state index in [1.165, 1.54) is 49.7 Å². The summed E-state index contributed by atoms with van der Waals surface area (Å²) in [5, 5.41) is 38.2. The van der Waals surface area contributed by atoms with E-state index in [0.29, 0.717) is 21.3 Å². The second-order valence-electron chi connectivity index (χ2n) is 9.59. The minimum atomic E-state index is -0.546. The maximum Gasteiger partial charge on any atom is 0.322 e. The molecule has 0 atom stereocenters. The molecule has 0 fully saturated rings. The predicted molar refractivity (Wildman–Crippen MR) is 178 cm³/mol. The Hall–Kier alpha value is -6.61. The summed E-state index contributed by atoms with van der Waals surface area (Å²) in [6, 6.07) is 12.1. The average Bonchev–Trinajstić information content (AvgIpc) is 3.89. The zero-order valence-electron chi connectivity index (χ0n) is 25.5. The van der Waals surface area contributed by atoms with Crippen molar-refractivity contribution in [2.24, 2.45) is 5.16 Å². The van der Waals surface area contributed by atoms with Gasteiger partial charge in [0.05, 0.1) is 10.0 Å². The molecule has 0 spiro atoms. The molecule has 2 amide bonds. The molecule has 0 radical (unpaired) electrons. The fourth-order valence-electron chi connectivity index (χ4n) is 3.94. The molecule has 6 aromatic rings. The van der Waals surface area contributed by atoms with Crippen LogP contribution in [0.4, 0.5) is 45.6 Å². The number of benzene rings is 1. The Labute approximate surface area is 283 Å². The molecule has 0 saturated heterocycles. The van der Waals surface area contributed by atoms with Gasteiger partial charge in [-0.2, -0.15) is 15.0 Å². The SMILES string of the molecule is CO/N=C(/c1csc(NC(C)=O)c1)c1nnc(Nc2nc(Nc3ccccc3)nc(Nc3nnc(C(=O)c4csc(NC(C)=O)c4)o3)n2)o1. The largest absolute Gasteiger partial charge is 0.401 e. The molecule has 0 saturated carbocycles. The molecule has 0 unspecified atom stereocenters. The molecule has 248 valence electrons. The molecule has 6 rings (SSSR count). The van der Waals surface area contributed by atoms with Crippen molar-refractivity contribution in [1.82, 2.24) is 35.3 Å². The molecule has 5 N–H and O–H groups in total. The summed E-state index contributed by atoms with van der Waals surface area (Å²) >= 11 is 2.46. The first kappa shape index (κ1) is 32.3. The first-order valence-electron chi connectivity index (χ1n) is 13.9. The van der Waals surface area contributed by atoms with Gasteiger partial charge in [-0.25, -0.2) is 0 Å². The van der Waals surface area contributed by atoms with Crippen molar-refractivity contribution in [2.75, 3.05) is 33.7 Å². The molecular formula is C28H23N13O6S2. The van der Waals surface area contributed by atoms with Gasteiger partial charge in [-0.1, -0.05) is 33.6 Å². The standard InChI is InChI=1S/C28H23N13O6S2/c1-13(42)29-18-9-15(11-48-18)20(41-45-3)22-37-39-27(46-22)35-25-32-24(31-17-7-5-4-6-8-17)33-26(34-25)36-28-40-38-23(47-28)21(44)16-10-19(49-12-16)30-14(2)43/h4-12H,1-3H3,(H,29,42)(H,30,43)(H3,31,32,33,34,35,36,39,40)/b41-20-. The number of para-hydroxylation sites is 1. The number of oxime groups is 1. The number of hydrogen-bond acceptors (Lipinski definition) is 19. The van der Waals surface area contributed by atoms with Gasteiger partial charge in [0.25, 0.3) is 17.6 Å². The van der Waals surface area contributed by atoms with Crippen molar-refractivity contribution < 1.29 is 28.1 Å². The van der Waals surface area contributed by atoms with E-state index in [0.717, 1.165) is 0 Å². The summed E-state index contributed by atoms with van der Waals surface area (Å²) in [6.45, 7) is 2.77. The molecule has 49 heavy (non-hydrogen) atoms. The van der Waals surface area contributed by atoms with Gasteiger partial charge in [0.2, 0.25) is 29.7 Å². The Kier molecular flexibility index (Phi) is 9.53. The highest BCUT2D eigenvalue weighted by atomic mass is 32.1. The van der Waals surface area contributed by atoms with Crippen molar-refractivity contribution in [3.63, 3.8) is 0 Å². The number of thiophene rings is 2. The van der Waals surface area contributed by atoms with Crippen molar-refractivity contribution in [2.45, 2.75) is 13.8 Å². The van der Waals surface area contributed by atoms with Crippen LogP contribution in [0.25, 0.3) is 0 Å². The van der Waals surface area contributed by atoms with Crippen molar-refractivity contribution >= 4 is 91.5 Å². The lowest BCUT2D eigenvalue weighted by atomic mass is 10.2. The first-order chi connectivity index (χ1) is 23.7. The summed E-state index contributed by atoms with van der Waals surface area (Å²) in [6.07, 6.45) is 0. The normalized spacial score (nSPS) is 11.1.